The lowest BCUT2D eigenvalue weighted by Crippen LogP contribution is -2.93. The molecule has 308 valence electrons. The standard InChI is InChI=1S/C58H40N6S/c1-4-17-37(18-5-1)43-26-12-13-28-46(43)56-60-53(40-20-6-2-7-21-40)59-55(62-56)42-33-31-39(32-34-42)48-36-52-49(45-27-14-15-30-51(45)65-52)35-50(48)58-63-54(41-22-8-3-9-23-41)61-57(64-58)47-29-16-24-38-19-10-11-25-44(38)47/h1-36,54,58,63H,(H,61,64)/p+1. The summed E-state index contributed by atoms with van der Waals surface area (Å²) in [4.78, 5) is 20.8. The molecule has 1 aliphatic heterocycles. The molecule has 65 heavy (non-hydrogen) atoms. The summed E-state index contributed by atoms with van der Waals surface area (Å²) in [7, 11) is 0. The van der Waals surface area contributed by atoms with Crippen LogP contribution in [0.2, 0.25) is 0 Å². The number of hydrogen-bond donors (Lipinski definition) is 2. The summed E-state index contributed by atoms with van der Waals surface area (Å²) < 4.78 is 2.52. The number of aliphatic imine (C=N–C) groups is 1. The van der Waals surface area contributed by atoms with Crippen LogP contribution in [0.25, 0.3) is 87.4 Å². The molecule has 11 aromatic rings. The molecule has 12 rings (SSSR count). The number of benzene rings is 9. The fourth-order valence-corrected chi connectivity index (χ4v) is 10.3. The first kappa shape index (κ1) is 38.7. The minimum Gasteiger partial charge on any atom is -0.278 e. The second-order valence-electron chi connectivity index (χ2n) is 16.4. The van der Waals surface area contributed by atoms with Gasteiger partial charge in [0.1, 0.15) is 6.17 Å². The molecule has 0 spiro atoms. The van der Waals surface area contributed by atoms with Gasteiger partial charge in [-0.15, -0.1) is 11.3 Å². The number of hydrogen-bond acceptors (Lipinski definition) is 6. The molecule has 0 saturated heterocycles. The van der Waals surface area contributed by atoms with Crippen LogP contribution < -0.4 is 10.6 Å². The maximum Gasteiger partial charge on any atom is 0.231 e. The summed E-state index contributed by atoms with van der Waals surface area (Å²) in [5.74, 6) is 2.85. The Morgan fingerprint density at radius 2 is 0.954 bits per heavy atom. The van der Waals surface area contributed by atoms with Crippen LogP contribution >= 0.6 is 11.3 Å². The van der Waals surface area contributed by atoms with E-state index in [2.05, 4.69) is 199 Å². The molecule has 3 heterocycles. The summed E-state index contributed by atoms with van der Waals surface area (Å²) in [6.45, 7) is 0. The van der Waals surface area contributed by atoms with Crippen molar-refractivity contribution in [3.63, 3.8) is 0 Å². The van der Waals surface area contributed by atoms with E-state index in [1.165, 1.54) is 36.5 Å². The second-order valence-corrected chi connectivity index (χ2v) is 17.4. The average molecular weight is 854 g/mol. The van der Waals surface area contributed by atoms with Crippen molar-refractivity contribution in [2.75, 3.05) is 0 Å². The molecule has 6 nitrogen and oxygen atoms in total. The van der Waals surface area contributed by atoms with E-state index in [1.54, 1.807) is 0 Å². The van der Waals surface area contributed by atoms with Gasteiger partial charge in [0.05, 0.1) is 5.56 Å². The number of nitrogens with one attached hydrogen (secondary N) is 1. The van der Waals surface area contributed by atoms with E-state index < -0.39 is 0 Å². The van der Waals surface area contributed by atoms with E-state index in [0.29, 0.717) is 17.5 Å². The average Bonchev–Trinajstić information content (AvgIpc) is 3.76. The highest BCUT2D eigenvalue weighted by Crippen LogP contribution is 2.41. The minimum atomic E-state index is -0.255. The second kappa shape index (κ2) is 16.6. The van der Waals surface area contributed by atoms with E-state index in [4.69, 9.17) is 19.9 Å². The van der Waals surface area contributed by atoms with Crippen molar-refractivity contribution in [3.8, 4) is 56.4 Å². The number of fused-ring (bicyclic) bond motifs is 4. The lowest BCUT2D eigenvalue weighted by Gasteiger charge is -2.29. The van der Waals surface area contributed by atoms with Gasteiger partial charge < -0.3 is 0 Å². The van der Waals surface area contributed by atoms with E-state index in [-0.39, 0.29) is 12.3 Å². The van der Waals surface area contributed by atoms with Gasteiger partial charge in [-0.3, -0.25) is 5.32 Å². The fraction of sp³-hybridized carbons (Fsp3) is 0.0345. The Bertz CT molecular complexity index is 3550. The monoisotopic (exact) mass is 853 g/mol. The molecule has 2 aromatic heterocycles. The normalized spacial score (nSPS) is 15.0. The maximum absolute atomic E-state index is 5.41. The van der Waals surface area contributed by atoms with Gasteiger partial charge >= 0.3 is 0 Å². The van der Waals surface area contributed by atoms with Crippen LogP contribution in [0.4, 0.5) is 0 Å². The molecule has 1 aliphatic rings. The molecule has 9 aromatic carbocycles. The van der Waals surface area contributed by atoms with Crippen molar-refractivity contribution in [1.29, 1.82) is 0 Å². The number of rotatable bonds is 8. The van der Waals surface area contributed by atoms with Crippen LogP contribution in [0.3, 0.4) is 0 Å². The molecule has 3 N–H and O–H groups in total. The number of nitrogens with two attached hydrogens (primary N) is 1. The molecule has 0 radical (unpaired) electrons. The Morgan fingerprint density at radius 1 is 0.400 bits per heavy atom. The molecule has 2 atom stereocenters. The molecule has 0 bridgehead atoms. The van der Waals surface area contributed by atoms with Crippen molar-refractivity contribution in [2.24, 2.45) is 4.99 Å². The Kier molecular flexibility index (Phi) is 9.91. The van der Waals surface area contributed by atoms with Gasteiger partial charge in [0.15, 0.2) is 23.6 Å². The topological polar surface area (TPSA) is 79.7 Å². The zero-order chi connectivity index (χ0) is 43.1. The van der Waals surface area contributed by atoms with E-state index in [1.807, 2.05) is 41.7 Å². The van der Waals surface area contributed by atoms with Crippen LogP contribution in [0, 0.1) is 0 Å². The molecular formula is C58H41N6S+. The van der Waals surface area contributed by atoms with E-state index in [0.717, 1.165) is 55.9 Å². The van der Waals surface area contributed by atoms with Gasteiger partial charge in [0.25, 0.3) is 0 Å². The van der Waals surface area contributed by atoms with Crippen molar-refractivity contribution in [2.45, 2.75) is 12.3 Å². The van der Waals surface area contributed by atoms with Crippen LogP contribution in [0.15, 0.2) is 223 Å². The summed E-state index contributed by atoms with van der Waals surface area (Å²) in [6.07, 6.45) is -0.414. The Balaban J connectivity index is 0.994. The third-order valence-electron chi connectivity index (χ3n) is 12.4. The zero-order valence-corrected chi connectivity index (χ0v) is 36.0. The Morgan fingerprint density at radius 3 is 1.72 bits per heavy atom. The lowest BCUT2D eigenvalue weighted by molar-refractivity contribution is -0.600. The summed E-state index contributed by atoms with van der Waals surface area (Å²) in [5.41, 5.74) is 10.7. The van der Waals surface area contributed by atoms with Crippen molar-refractivity contribution < 1.29 is 5.32 Å². The highest BCUT2D eigenvalue weighted by Gasteiger charge is 2.32. The Labute approximate surface area is 380 Å². The predicted octanol–water partition coefficient (Wildman–Crippen LogP) is 13.0. The number of quaternary nitrogens is 1. The third kappa shape index (κ3) is 7.37. The van der Waals surface area contributed by atoms with Crippen LogP contribution in [0.5, 0.6) is 0 Å². The molecule has 2 unspecified atom stereocenters. The van der Waals surface area contributed by atoms with Crippen LogP contribution in [-0.2, 0) is 0 Å². The quantitative estimate of drug-likeness (QED) is 0.160. The van der Waals surface area contributed by atoms with Crippen molar-refractivity contribution in [3.05, 3.63) is 235 Å². The van der Waals surface area contributed by atoms with Crippen molar-refractivity contribution >= 4 is 48.1 Å². The molecular weight excluding hydrogens is 813 g/mol. The van der Waals surface area contributed by atoms with Gasteiger partial charge in [-0.2, -0.15) is 0 Å². The molecule has 0 fully saturated rings. The van der Waals surface area contributed by atoms with Gasteiger partial charge in [-0.25, -0.2) is 25.3 Å². The van der Waals surface area contributed by atoms with Crippen LogP contribution in [-0.4, -0.2) is 20.8 Å². The van der Waals surface area contributed by atoms with Gasteiger partial charge in [0.2, 0.25) is 5.84 Å². The first-order valence-corrected chi connectivity index (χ1v) is 22.8. The number of thiophene rings is 1. The van der Waals surface area contributed by atoms with Gasteiger partial charge in [-0.1, -0.05) is 194 Å². The molecule has 0 saturated carbocycles. The SMILES string of the molecule is c1ccc(-c2nc(-c3ccc(-c4cc5sc6ccccc6c5cc4C4NC(c5ccccc5)N=C(c5cccc6ccccc56)[NH2+]4)cc3)nc(-c3ccccc3-c3ccccc3)n2)cc1. The highest BCUT2D eigenvalue weighted by atomic mass is 32.1. The van der Waals surface area contributed by atoms with E-state index in [9.17, 15) is 0 Å². The first-order chi connectivity index (χ1) is 32.2. The van der Waals surface area contributed by atoms with Crippen molar-refractivity contribution in [1.82, 2.24) is 20.3 Å². The smallest absolute Gasteiger partial charge is 0.231 e. The predicted molar refractivity (Wildman–Crippen MR) is 267 cm³/mol. The van der Waals surface area contributed by atoms with E-state index >= 15 is 0 Å². The summed E-state index contributed by atoms with van der Waals surface area (Å²) in [5, 5.41) is 11.2. The first-order valence-electron chi connectivity index (χ1n) is 21.9. The minimum absolute atomic E-state index is 0.159. The summed E-state index contributed by atoms with van der Waals surface area (Å²) in [6, 6.07) is 76.8. The van der Waals surface area contributed by atoms with Gasteiger partial charge in [-0.05, 0) is 62.9 Å². The Hall–Kier alpha value is -7.94. The third-order valence-corrected chi connectivity index (χ3v) is 13.5. The number of amidine groups is 1. The largest absolute Gasteiger partial charge is 0.278 e. The number of aromatic nitrogens is 3. The van der Waals surface area contributed by atoms with Crippen LogP contribution in [0.1, 0.15) is 29.0 Å². The zero-order valence-electron chi connectivity index (χ0n) is 35.2. The lowest BCUT2D eigenvalue weighted by atomic mass is 9.93. The fourth-order valence-electron chi connectivity index (χ4n) is 9.17. The number of nitrogens with zero attached hydrogens (tertiary/aromatic N) is 4. The summed E-state index contributed by atoms with van der Waals surface area (Å²) >= 11 is 1.84. The molecule has 7 heteroatoms. The molecule has 0 aliphatic carbocycles. The van der Waals surface area contributed by atoms with Gasteiger partial charge in [0, 0.05) is 42.4 Å². The highest BCUT2D eigenvalue weighted by molar-refractivity contribution is 7.25. The molecule has 0 amide bonds. The maximum atomic E-state index is 5.41.